The summed E-state index contributed by atoms with van der Waals surface area (Å²) in [6, 6.07) is 0. The fourth-order valence-corrected chi connectivity index (χ4v) is 0.0986. The molecular weight excluding hydrogens is 78.0 g/mol. The van der Waals surface area contributed by atoms with Crippen LogP contribution in [0.25, 0.3) is 0 Å². The Labute approximate surface area is 36.8 Å². The van der Waals surface area contributed by atoms with Gasteiger partial charge < -0.3 is 5.21 Å². The van der Waals surface area contributed by atoms with Crippen molar-refractivity contribution in [2.24, 2.45) is 5.16 Å². The Kier molecular flexibility index (Phi) is 2.13. The minimum absolute atomic E-state index is 0.748. The summed E-state index contributed by atoms with van der Waals surface area (Å²) in [6.07, 6.45) is 1.28. The van der Waals surface area contributed by atoms with Gasteiger partial charge in [-0.05, 0) is 12.5 Å². The number of hydrogen-bond donors (Lipinski definition) is 1. The number of oxime groups is 1. The fourth-order valence-electron chi connectivity index (χ4n) is 0.0986. The Morgan fingerprint density at radius 3 is 2.50 bits per heavy atom. The van der Waals surface area contributed by atoms with Crippen LogP contribution in [0, 0.1) is 0 Å². The zero-order chi connectivity index (χ0) is 4.99. The zero-order valence-electron chi connectivity index (χ0n) is 3.68. The van der Waals surface area contributed by atoms with E-state index in [1.54, 1.807) is 6.92 Å². The van der Waals surface area contributed by atoms with E-state index in [9.17, 15) is 0 Å². The van der Waals surface area contributed by atoms with Crippen molar-refractivity contribution in [3.63, 3.8) is 0 Å². The Morgan fingerprint density at radius 2 is 2.50 bits per heavy atom. The monoisotopic (exact) mass is 85.1 g/mol. The topological polar surface area (TPSA) is 32.6 Å². The molecule has 0 rings (SSSR count). The van der Waals surface area contributed by atoms with Gasteiger partial charge in [-0.15, -0.1) is 0 Å². The van der Waals surface area contributed by atoms with Gasteiger partial charge in [-0.2, -0.15) is 0 Å². The van der Waals surface area contributed by atoms with Crippen LogP contribution in [-0.4, -0.2) is 11.4 Å². The highest BCUT2D eigenvalue weighted by Gasteiger charge is 1.67. The predicted molar refractivity (Wildman–Crippen MR) is 25.1 cm³/mol. The van der Waals surface area contributed by atoms with Crippen molar-refractivity contribution in [3.8, 4) is 0 Å². The normalized spacial score (nSPS) is 9.50. The van der Waals surface area contributed by atoms with Gasteiger partial charge in [0.25, 0.3) is 0 Å². The average molecular weight is 85.1 g/mol. The zero-order valence-corrected chi connectivity index (χ0v) is 3.68. The second-order valence-corrected chi connectivity index (χ2v) is 1.09. The van der Waals surface area contributed by atoms with Gasteiger partial charge in [-0.3, -0.25) is 0 Å². The van der Waals surface area contributed by atoms with Crippen LogP contribution in [0.15, 0.2) is 17.3 Å². The molecule has 1 N–H and O–H groups in total. The Hall–Kier alpha value is -0.790. The lowest BCUT2D eigenvalue weighted by Crippen LogP contribution is -1.69. The highest BCUT2D eigenvalue weighted by atomic mass is 16.4. The molecule has 34 valence electrons. The second kappa shape index (κ2) is 2.45. The molecule has 0 spiro atoms. The smallest absolute Gasteiger partial charge is 0.0684 e. The van der Waals surface area contributed by atoms with Gasteiger partial charge in [0.15, 0.2) is 0 Å². The molecule has 0 atom stereocenters. The predicted octanol–water partition coefficient (Wildman–Crippen LogP) is 1.02. The van der Waals surface area contributed by atoms with Crippen molar-refractivity contribution < 1.29 is 5.21 Å². The lowest BCUT2D eigenvalue weighted by atomic mass is 10.4. The first kappa shape index (κ1) is 5.21. The number of hydrogen-bond acceptors (Lipinski definition) is 2. The van der Waals surface area contributed by atoms with Crippen LogP contribution in [0.4, 0.5) is 0 Å². The van der Waals surface area contributed by atoms with Crippen molar-refractivity contribution in [2.45, 2.75) is 6.92 Å². The Bertz CT molecular complexity index is 75.6. The van der Waals surface area contributed by atoms with Crippen LogP contribution in [0.3, 0.4) is 0 Å². The molecule has 0 aromatic rings. The van der Waals surface area contributed by atoms with Gasteiger partial charge in [0, 0.05) is 0 Å². The molecule has 0 aliphatic carbocycles. The summed E-state index contributed by atoms with van der Waals surface area (Å²) in [4.78, 5) is 0. The van der Waals surface area contributed by atoms with Gasteiger partial charge in [0.1, 0.15) is 0 Å². The second-order valence-electron chi connectivity index (χ2n) is 1.09. The summed E-state index contributed by atoms with van der Waals surface area (Å²) in [6.45, 7) is 5.19. The molecule has 0 bridgehead atoms. The highest BCUT2D eigenvalue weighted by molar-refractivity contribution is 5.75. The van der Waals surface area contributed by atoms with Crippen LogP contribution in [0.1, 0.15) is 6.92 Å². The van der Waals surface area contributed by atoms with Crippen LogP contribution in [0.5, 0.6) is 0 Å². The molecule has 0 saturated heterocycles. The quantitative estimate of drug-likeness (QED) is 0.288. The van der Waals surface area contributed by atoms with Crippen molar-refractivity contribution >= 4 is 6.21 Å². The number of allylic oxidation sites excluding steroid dienone is 1. The number of nitrogens with zero attached hydrogens (tertiary/aromatic N) is 1. The van der Waals surface area contributed by atoms with E-state index in [2.05, 4.69) is 11.7 Å². The minimum Gasteiger partial charge on any atom is -0.411 e. The first-order valence-corrected chi connectivity index (χ1v) is 1.60. The Morgan fingerprint density at radius 1 is 2.00 bits per heavy atom. The van der Waals surface area contributed by atoms with Gasteiger partial charge in [-0.25, -0.2) is 0 Å². The standard InChI is InChI=1S/C4H7NO/c1-4(2)3-5-6/h3,6H,1H2,2H3. The van der Waals surface area contributed by atoms with Gasteiger partial charge >= 0.3 is 0 Å². The van der Waals surface area contributed by atoms with Crippen molar-refractivity contribution in [1.82, 2.24) is 0 Å². The van der Waals surface area contributed by atoms with E-state index in [1.807, 2.05) is 0 Å². The summed E-state index contributed by atoms with van der Waals surface area (Å²) >= 11 is 0. The molecule has 6 heavy (non-hydrogen) atoms. The van der Waals surface area contributed by atoms with E-state index < -0.39 is 0 Å². The first-order valence-electron chi connectivity index (χ1n) is 1.60. The molecule has 0 aliphatic rings. The third-order valence-electron chi connectivity index (χ3n) is 0.278. The summed E-state index contributed by atoms with van der Waals surface area (Å²) in [5.41, 5.74) is 0.748. The maximum Gasteiger partial charge on any atom is 0.0684 e. The molecule has 0 fully saturated rings. The third-order valence-corrected chi connectivity index (χ3v) is 0.278. The van der Waals surface area contributed by atoms with Crippen LogP contribution < -0.4 is 0 Å². The molecule has 0 unspecified atom stereocenters. The highest BCUT2D eigenvalue weighted by Crippen LogP contribution is 1.74. The summed E-state index contributed by atoms with van der Waals surface area (Å²) < 4.78 is 0. The number of rotatable bonds is 1. The summed E-state index contributed by atoms with van der Waals surface area (Å²) in [5, 5.41) is 10.5. The lowest BCUT2D eigenvalue weighted by Gasteiger charge is -1.74. The Balaban J connectivity index is 3.30. The van der Waals surface area contributed by atoms with Crippen molar-refractivity contribution in [3.05, 3.63) is 12.2 Å². The van der Waals surface area contributed by atoms with Gasteiger partial charge in [0.05, 0.1) is 6.21 Å². The summed E-state index contributed by atoms with van der Waals surface area (Å²) in [7, 11) is 0. The molecule has 0 heterocycles. The molecule has 0 amide bonds. The molecule has 2 nitrogen and oxygen atoms in total. The van der Waals surface area contributed by atoms with E-state index >= 15 is 0 Å². The molecule has 0 aliphatic heterocycles. The largest absolute Gasteiger partial charge is 0.411 e. The molecule has 0 aromatic heterocycles. The van der Waals surface area contributed by atoms with Crippen molar-refractivity contribution in [1.29, 1.82) is 0 Å². The van der Waals surface area contributed by atoms with E-state index in [0.717, 1.165) is 5.57 Å². The molecule has 2 heteroatoms. The van der Waals surface area contributed by atoms with Crippen LogP contribution in [0.2, 0.25) is 0 Å². The minimum atomic E-state index is 0.748. The fraction of sp³-hybridized carbons (Fsp3) is 0.250. The lowest BCUT2D eigenvalue weighted by molar-refractivity contribution is 0.321. The maximum absolute atomic E-state index is 7.75. The third kappa shape index (κ3) is 3.21. The van der Waals surface area contributed by atoms with Crippen molar-refractivity contribution in [2.75, 3.05) is 0 Å². The molecular formula is C4H7NO. The molecule has 0 aromatic carbocycles. The van der Waals surface area contributed by atoms with E-state index in [4.69, 9.17) is 5.21 Å². The van der Waals surface area contributed by atoms with E-state index in [-0.39, 0.29) is 0 Å². The average Bonchev–Trinajstić information content (AvgIpc) is 1.35. The summed E-state index contributed by atoms with van der Waals surface area (Å²) in [5.74, 6) is 0. The molecule has 0 saturated carbocycles. The maximum atomic E-state index is 7.75. The van der Waals surface area contributed by atoms with E-state index in [0.29, 0.717) is 0 Å². The van der Waals surface area contributed by atoms with E-state index in [1.165, 1.54) is 6.21 Å². The van der Waals surface area contributed by atoms with Gasteiger partial charge in [0.2, 0.25) is 0 Å². The SMILES string of the molecule is C=C(C)C=NO. The first-order chi connectivity index (χ1) is 2.77. The molecule has 0 radical (unpaired) electrons. The van der Waals surface area contributed by atoms with Gasteiger partial charge in [-0.1, -0.05) is 11.7 Å². The van der Waals surface area contributed by atoms with Crippen LogP contribution in [-0.2, 0) is 0 Å². The van der Waals surface area contributed by atoms with Crippen LogP contribution >= 0.6 is 0 Å².